The molecule has 0 radical (unpaired) electrons. The van der Waals surface area contributed by atoms with Crippen LogP contribution in [-0.4, -0.2) is 69.4 Å². The average molecular weight is 877 g/mol. The Kier molecular flexibility index (Phi) is 40.1. The second-order valence-electron chi connectivity index (χ2n) is 17.6. The molecular formula is C51H93N2O7P. The van der Waals surface area contributed by atoms with Crippen LogP contribution >= 0.6 is 7.82 Å². The van der Waals surface area contributed by atoms with Crippen LogP contribution in [0.2, 0.25) is 0 Å². The molecule has 0 aromatic rings. The lowest BCUT2D eigenvalue weighted by molar-refractivity contribution is -0.870. The number of phosphoric acid groups is 1. The smallest absolute Gasteiger partial charge is 0.306 e. The number of nitrogens with zero attached hydrogens (tertiary/aromatic N) is 1. The maximum Gasteiger partial charge on any atom is 0.306 e. The van der Waals surface area contributed by atoms with Crippen molar-refractivity contribution in [2.24, 2.45) is 0 Å². The Morgan fingerprint density at radius 3 is 1.66 bits per heavy atom. The summed E-state index contributed by atoms with van der Waals surface area (Å²) in [7, 11) is 1.16. The number of nitrogens with one attached hydrogen (secondary N) is 1. The quantitative estimate of drug-likeness (QED) is 0.0162. The molecule has 0 rings (SSSR count). The molecule has 0 saturated carbocycles. The number of quaternary nitrogens is 1. The molecule has 0 bridgehead atoms. The third kappa shape index (κ3) is 42.8. The lowest BCUT2D eigenvalue weighted by atomic mass is 10.1. The van der Waals surface area contributed by atoms with Gasteiger partial charge in [-0.25, -0.2) is 0 Å². The standard InChI is InChI=1S/C51H93N2O7P/c1-7-10-13-16-19-22-25-26-29-32-35-38-41-44-51(55)60-49(42-39-36-33-30-27-23-20-17-14-11-8-2)48(47-59-61(56,57)58-46-45-53(4,5)6)52-50(54)43-40-37-34-31-28-24-21-18-15-12-9-3/h10,13,16,18-19,21-22,25,39,42,48-49H,7-9,11-12,14-15,17,20,23-24,26-38,40-41,43-47H2,1-6H3,(H-,52,54,56,57)/b13-10+,19-16+,21-18-,25-22-,42-39+. The predicted molar refractivity (Wildman–Crippen MR) is 256 cm³/mol. The van der Waals surface area contributed by atoms with Crippen LogP contribution in [0.15, 0.2) is 60.8 Å². The van der Waals surface area contributed by atoms with E-state index in [1.807, 2.05) is 39.4 Å². The first-order valence-electron chi connectivity index (χ1n) is 24.6. The van der Waals surface area contributed by atoms with Gasteiger partial charge in [0.1, 0.15) is 19.3 Å². The third-order valence-corrected chi connectivity index (χ3v) is 11.5. The Hall–Kier alpha value is -2.29. The molecule has 9 nitrogen and oxygen atoms in total. The SMILES string of the molecule is CC/C=C/C=C/C=C\CCCCCCCC(=O)OC(/C=C/CCCCCCCCCCC)C(COP(=O)([O-])OCC[N+](C)(C)C)NC(=O)CCCCCCC/C=C\CCCC. The van der Waals surface area contributed by atoms with Crippen molar-refractivity contribution in [3.05, 3.63) is 60.8 Å². The maximum atomic E-state index is 13.3. The number of rotatable bonds is 43. The van der Waals surface area contributed by atoms with E-state index in [0.29, 0.717) is 23.9 Å². The number of phosphoric ester groups is 1. The minimum absolute atomic E-state index is 0.0293. The summed E-state index contributed by atoms with van der Waals surface area (Å²) in [4.78, 5) is 39.5. The summed E-state index contributed by atoms with van der Waals surface area (Å²) in [5, 5.41) is 2.98. The van der Waals surface area contributed by atoms with Crippen LogP contribution in [0.3, 0.4) is 0 Å². The van der Waals surface area contributed by atoms with Crippen molar-refractivity contribution < 1.29 is 37.3 Å². The molecule has 0 heterocycles. The van der Waals surface area contributed by atoms with Gasteiger partial charge < -0.3 is 28.5 Å². The van der Waals surface area contributed by atoms with Gasteiger partial charge >= 0.3 is 5.97 Å². The van der Waals surface area contributed by atoms with Crippen molar-refractivity contribution in [1.82, 2.24) is 5.32 Å². The number of unbranched alkanes of at least 4 members (excludes halogenated alkanes) is 21. The van der Waals surface area contributed by atoms with Gasteiger partial charge in [-0.2, -0.15) is 0 Å². The van der Waals surface area contributed by atoms with Crippen molar-refractivity contribution in [2.45, 2.75) is 213 Å². The van der Waals surface area contributed by atoms with E-state index in [-0.39, 0.29) is 24.9 Å². The Bertz CT molecular complexity index is 1240. The van der Waals surface area contributed by atoms with Crippen LogP contribution in [0.1, 0.15) is 201 Å². The number of ether oxygens (including phenoxy) is 1. The van der Waals surface area contributed by atoms with Crippen LogP contribution in [0.5, 0.6) is 0 Å². The Labute approximate surface area is 375 Å². The van der Waals surface area contributed by atoms with Gasteiger partial charge in [-0.15, -0.1) is 0 Å². The number of carbonyl (C=O) groups is 2. The molecule has 354 valence electrons. The molecule has 0 saturated heterocycles. The molecule has 3 atom stereocenters. The average Bonchev–Trinajstić information content (AvgIpc) is 3.21. The van der Waals surface area contributed by atoms with Gasteiger partial charge in [-0.3, -0.25) is 14.2 Å². The number of carbonyl (C=O) groups excluding carboxylic acids is 2. The van der Waals surface area contributed by atoms with E-state index in [1.54, 1.807) is 0 Å². The van der Waals surface area contributed by atoms with E-state index < -0.39 is 26.6 Å². The molecule has 0 aliphatic heterocycles. The van der Waals surface area contributed by atoms with Crippen LogP contribution in [0, 0.1) is 0 Å². The van der Waals surface area contributed by atoms with E-state index in [2.05, 4.69) is 68.6 Å². The van der Waals surface area contributed by atoms with Crippen LogP contribution in [0.25, 0.3) is 0 Å². The fourth-order valence-electron chi connectivity index (χ4n) is 6.62. The topological polar surface area (TPSA) is 114 Å². The number of hydrogen-bond donors (Lipinski definition) is 1. The molecule has 0 aliphatic carbocycles. The molecule has 1 N–H and O–H groups in total. The van der Waals surface area contributed by atoms with E-state index in [0.717, 1.165) is 103 Å². The molecule has 0 fully saturated rings. The number of likely N-dealkylation sites (N-methyl/N-ethyl adjacent to an activating group) is 1. The molecule has 3 unspecified atom stereocenters. The highest BCUT2D eigenvalue weighted by Gasteiger charge is 2.27. The van der Waals surface area contributed by atoms with Crippen molar-refractivity contribution in [1.29, 1.82) is 0 Å². The van der Waals surface area contributed by atoms with Crippen molar-refractivity contribution >= 4 is 19.7 Å². The highest BCUT2D eigenvalue weighted by Crippen LogP contribution is 2.38. The minimum atomic E-state index is -4.69. The first kappa shape index (κ1) is 58.7. The second-order valence-corrected chi connectivity index (χ2v) is 19.1. The van der Waals surface area contributed by atoms with Gasteiger partial charge in [0, 0.05) is 12.8 Å². The zero-order valence-electron chi connectivity index (χ0n) is 40.1. The zero-order valence-corrected chi connectivity index (χ0v) is 41.0. The van der Waals surface area contributed by atoms with E-state index in [1.165, 1.54) is 57.8 Å². The normalized spacial score (nSPS) is 14.5. The van der Waals surface area contributed by atoms with Gasteiger partial charge in [0.05, 0.1) is 33.8 Å². The van der Waals surface area contributed by atoms with Crippen LogP contribution in [0.4, 0.5) is 0 Å². The lowest BCUT2D eigenvalue weighted by Crippen LogP contribution is -2.47. The second kappa shape index (κ2) is 41.7. The summed E-state index contributed by atoms with van der Waals surface area (Å²) in [5.74, 6) is -0.583. The van der Waals surface area contributed by atoms with Gasteiger partial charge in [0.2, 0.25) is 5.91 Å². The largest absolute Gasteiger partial charge is 0.756 e. The molecular weight excluding hydrogens is 784 g/mol. The predicted octanol–water partition coefficient (Wildman–Crippen LogP) is 13.4. The highest BCUT2D eigenvalue weighted by atomic mass is 31.2. The first-order valence-corrected chi connectivity index (χ1v) is 26.1. The Balaban J connectivity index is 5.51. The Morgan fingerprint density at radius 2 is 1.08 bits per heavy atom. The monoisotopic (exact) mass is 877 g/mol. The Morgan fingerprint density at radius 1 is 0.590 bits per heavy atom. The van der Waals surface area contributed by atoms with Crippen molar-refractivity contribution in [2.75, 3.05) is 40.9 Å². The summed E-state index contributed by atoms with van der Waals surface area (Å²) in [6.45, 7) is 6.61. The molecule has 61 heavy (non-hydrogen) atoms. The molecule has 0 aliphatic rings. The van der Waals surface area contributed by atoms with Gasteiger partial charge in [-0.05, 0) is 70.3 Å². The first-order chi connectivity index (χ1) is 29.4. The molecule has 0 aromatic carbocycles. The zero-order chi connectivity index (χ0) is 45.1. The number of hydrogen-bond acceptors (Lipinski definition) is 7. The fraction of sp³-hybridized carbons (Fsp3) is 0.765. The third-order valence-electron chi connectivity index (χ3n) is 10.5. The van der Waals surface area contributed by atoms with Crippen molar-refractivity contribution in [3.8, 4) is 0 Å². The van der Waals surface area contributed by atoms with E-state index in [4.69, 9.17) is 13.8 Å². The molecule has 1 amide bonds. The molecule has 10 heteroatoms. The number of allylic oxidation sites excluding steroid dienone is 9. The molecule has 0 spiro atoms. The molecule has 0 aromatic heterocycles. The van der Waals surface area contributed by atoms with Gasteiger partial charge in [0.15, 0.2) is 0 Å². The van der Waals surface area contributed by atoms with Gasteiger partial charge in [0.25, 0.3) is 7.82 Å². The van der Waals surface area contributed by atoms with E-state index in [9.17, 15) is 19.0 Å². The minimum Gasteiger partial charge on any atom is -0.756 e. The van der Waals surface area contributed by atoms with Gasteiger partial charge in [-0.1, -0.05) is 178 Å². The van der Waals surface area contributed by atoms with Crippen molar-refractivity contribution in [3.63, 3.8) is 0 Å². The van der Waals surface area contributed by atoms with Crippen LogP contribution in [-0.2, 0) is 27.9 Å². The maximum absolute atomic E-state index is 13.3. The summed E-state index contributed by atoms with van der Waals surface area (Å²) in [6, 6.07) is -0.898. The fourth-order valence-corrected chi connectivity index (χ4v) is 7.34. The summed E-state index contributed by atoms with van der Waals surface area (Å²) in [6.07, 6.45) is 49.0. The van der Waals surface area contributed by atoms with Crippen LogP contribution < -0.4 is 10.2 Å². The van der Waals surface area contributed by atoms with E-state index >= 15 is 0 Å². The number of esters is 1. The summed E-state index contributed by atoms with van der Waals surface area (Å²) in [5.41, 5.74) is 0. The highest BCUT2D eigenvalue weighted by molar-refractivity contribution is 7.45. The summed E-state index contributed by atoms with van der Waals surface area (Å²) < 4.78 is 30.0. The lowest BCUT2D eigenvalue weighted by Gasteiger charge is -2.30. The summed E-state index contributed by atoms with van der Waals surface area (Å²) >= 11 is 0. The number of amides is 1.